The van der Waals surface area contributed by atoms with Crippen LogP contribution in [0.3, 0.4) is 0 Å². The van der Waals surface area contributed by atoms with Crippen LogP contribution >= 0.6 is 0 Å². The highest BCUT2D eigenvalue weighted by Crippen LogP contribution is 2.44. The molecule has 1 aliphatic heterocycles. The highest BCUT2D eigenvalue weighted by atomic mass is 16.2. The number of likely N-dealkylation sites (tertiary alicyclic amines) is 1. The van der Waals surface area contributed by atoms with E-state index in [-0.39, 0.29) is 11.4 Å². The van der Waals surface area contributed by atoms with Crippen LogP contribution < -0.4 is 4.90 Å². The first-order chi connectivity index (χ1) is 14.2. The van der Waals surface area contributed by atoms with E-state index in [0.29, 0.717) is 12.5 Å². The van der Waals surface area contributed by atoms with Crippen LogP contribution in [-0.2, 0) is 10.3 Å². The normalized spacial score (nSPS) is 20.3. The quantitative estimate of drug-likeness (QED) is 0.648. The Morgan fingerprint density at radius 1 is 0.931 bits per heavy atom. The largest absolute Gasteiger partial charge is 0.309 e. The van der Waals surface area contributed by atoms with E-state index >= 15 is 0 Å². The molecule has 0 unspecified atom stereocenters. The molecule has 1 saturated heterocycles. The predicted octanol–water partition coefficient (Wildman–Crippen LogP) is 5.75. The monoisotopic (exact) mass is 390 g/mol. The molecule has 1 aliphatic carbocycles. The highest BCUT2D eigenvalue weighted by molar-refractivity contribution is 5.93. The average molecular weight is 391 g/mol. The Balaban J connectivity index is 1.53. The van der Waals surface area contributed by atoms with E-state index in [0.717, 1.165) is 31.6 Å². The van der Waals surface area contributed by atoms with Gasteiger partial charge in [0, 0.05) is 36.8 Å². The molecule has 1 heterocycles. The molecule has 0 radical (unpaired) electrons. The zero-order valence-electron chi connectivity index (χ0n) is 17.7. The summed E-state index contributed by atoms with van der Waals surface area (Å²) in [4.78, 5) is 17.6. The lowest BCUT2D eigenvalue weighted by Crippen LogP contribution is -2.54. The molecule has 1 amide bonds. The van der Waals surface area contributed by atoms with Crippen LogP contribution in [-0.4, -0.2) is 29.9 Å². The van der Waals surface area contributed by atoms with E-state index in [2.05, 4.69) is 52.3 Å². The summed E-state index contributed by atoms with van der Waals surface area (Å²) in [6.07, 6.45) is 9.18. The number of amides is 1. The molecule has 154 valence electrons. The first kappa shape index (κ1) is 20.2. The van der Waals surface area contributed by atoms with E-state index in [4.69, 9.17) is 0 Å². The Labute approximate surface area is 175 Å². The molecule has 2 fully saturated rings. The minimum Gasteiger partial charge on any atom is -0.309 e. The van der Waals surface area contributed by atoms with Crippen LogP contribution in [0.25, 0.3) is 0 Å². The summed E-state index contributed by atoms with van der Waals surface area (Å²) < 4.78 is 0. The molecule has 3 heteroatoms. The Morgan fingerprint density at radius 2 is 1.52 bits per heavy atom. The number of hydrogen-bond acceptors (Lipinski definition) is 2. The fraction of sp³-hybridized carbons (Fsp3) is 0.500. The van der Waals surface area contributed by atoms with Gasteiger partial charge in [0.25, 0.3) is 0 Å². The Kier molecular flexibility index (Phi) is 6.34. The summed E-state index contributed by atoms with van der Waals surface area (Å²) in [5.41, 5.74) is 2.73. The molecule has 0 N–H and O–H groups in total. The van der Waals surface area contributed by atoms with Gasteiger partial charge in [-0.25, -0.2) is 0 Å². The van der Waals surface area contributed by atoms with Crippen LogP contribution in [0, 0.1) is 0 Å². The van der Waals surface area contributed by atoms with Gasteiger partial charge in [-0.2, -0.15) is 0 Å². The second-order valence-electron chi connectivity index (χ2n) is 8.63. The lowest BCUT2D eigenvalue weighted by molar-refractivity contribution is -0.119. The first-order valence-corrected chi connectivity index (χ1v) is 11.4. The molecule has 2 aliphatic rings. The van der Waals surface area contributed by atoms with Crippen LogP contribution in [0.1, 0.15) is 63.9 Å². The summed E-state index contributed by atoms with van der Waals surface area (Å²) in [6.45, 7) is 4.11. The molecule has 4 rings (SSSR count). The molecule has 0 atom stereocenters. The first-order valence-electron chi connectivity index (χ1n) is 11.4. The Morgan fingerprint density at radius 3 is 2.10 bits per heavy atom. The third kappa shape index (κ3) is 4.11. The highest BCUT2D eigenvalue weighted by Gasteiger charge is 2.41. The van der Waals surface area contributed by atoms with Crippen molar-refractivity contribution in [1.82, 2.24) is 4.90 Å². The summed E-state index contributed by atoms with van der Waals surface area (Å²) in [5, 5.41) is 0. The molecule has 0 aromatic heterocycles. The Hall–Kier alpha value is -2.13. The van der Waals surface area contributed by atoms with E-state index < -0.39 is 0 Å². The van der Waals surface area contributed by atoms with Gasteiger partial charge >= 0.3 is 0 Å². The van der Waals surface area contributed by atoms with Crippen molar-refractivity contribution in [1.29, 1.82) is 0 Å². The van der Waals surface area contributed by atoms with Crippen molar-refractivity contribution in [2.45, 2.75) is 69.9 Å². The number of anilines is 1. The van der Waals surface area contributed by atoms with Crippen molar-refractivity contribution in [2.24, 2.45) is 0 Å². The zero-order valence-corrected chi connectivity index (χ0v) is 17.7. The van der Waals surface area contributed by atoms with Crippen molar-refractivity contribution in [3.8, 4) is 0 Å². The number of nitrogens with zero attached hydrogens (tertiary/aromatic N) is 2. The fourth-order valence-electron chi connectivity index (χ4n) is 5.54. The van der Waals surface area contributed by atoms with Gasteiger partial charge in [0.2, 0.25) is 5.91 Å². The average Bonchev–Trinajstić information content (AvgIpc) is 2.81. The van der Waals surface area contributed by atoms with Crippen molar-refractivity contribution < 1.29 is 4.79 Å². The molecular formula is C26H34N2O. The maximum atomic E-state index is 12.8. The Bertz CT molecular complexity index is 775. The number of carbonyl (C=O) groups excluding carboxylic acids is 1. The molecule has 0 spiro atoms. The summed E-state index contributed by atoms with van der Waals surface area (Å²) in [7, 11) is 0. The molecule has 29 heavy (non-hydrogen) atoms. The van der Waals surface area contributed by atoms with Gasteiger partial charge in [-0.05, 0) is 43.4 Å². The standard InChI is InChI=1S/C26H34N2O/c1-2-25(29)28(23-14-8-4-9-15-23)24-16-20-27(21-17-24)26(18-10-5-11-19-26)22-12-6-3-7-13-22/h3-4,6-9,12-15,24H,2,5,10-11,16-21H2,1H3. The SMILES string of the molecule is CCC(=O)N(c1ccccc1)C1CCN(C2(c3ccccc3)CCCCC2)CC1. The number of benzene rings is 2. The zero-order chi connectivity index (χ0) is 20.1. The van der Waals surface area contributed by atoms with Gasteiger partial charge < -0.3 is 4.90 Å². The number of piperidine rings is 1. The smallest absolute Gasteiger partial charge is 0.226 e. The molecular weight excluding hydrogens is 356 g/mol. The minimum atomic E-state index is 0.191. The maximum absolute atomic E-state index is 12.8. The lowest BCUT2D eigenvalue weighted by atomic mass is 9.74. The second kappa shape index (κ2) is 9.13. The number of hydrogen-bond donors (Lipinski definition) is 0. The molecule has 3 nitrogen and oxygen atoms in total. The van der Waals surface area contributed by atoms with Crippen LogP contribution in [0.5, 0.6) is 0 Å². The third-order valence-corrected chi connectivity index (χ3v) is 7.03. The van der Waals surface area contributed by atoms with Crippen LogP contribution in [0.15, 0.2) is 60.7 Å². The van der Waals surface area contributed by atoms with E-state index in [1.165, 1.54) is 37.7 Å². The van der Waals surface area contributed by atoms with Gasteiger partial charge in [0.15, 0.2) is 0 Å². The van der Waals surface area contributed by atoms with Crippen molar-refractivity contribution in [3.63, 3.8) is 0 Å². The lowest BCUT2D eigenvalue weighted by Gasteiger charge is -2.50. The summed E-state index contributed by atoms with van der Waals surface area (Å²) in [6, 6.07) is 21.7. The van der Waals surface area contributed by atoms with Crippen LogP contribution in [0.2, 0.25) is 0 Å². The predicted molar refractivity (Wildman–Crippen MR) is 120 cm³/mol. The van der Waals surface area contributed by atoms with Gasteiger partial charge in [-0.15, -0.1) is 0 Å². The maximum Gasteiger partial charge on any atom is 0.226 e. The van der Waals surface area contributed by atoms with Gasteiger partial charge in [0.1, 0.15) is 0 Å². The molecule has 2 aromatic carbocycles. The van der Waals surface area contributed by atoms with Gasteiger partial charge in [-0.3, -0.25) is 9.69 Å². The van der Waals surface area contributed by atoms with Crippen molar-refractivity contribution >= 4 is 11.6 Å². The third-order valence-electron chi connectivity index (χ3n) is 7.03. The molecule has 0 bridgehead atoms. The summed E-state index contributed by atoms with van der Waals surface area (Å²) >= 11 is 0. The topological polar surface area (TPSA) is 23.6 Å². The minimum absolute atomic E-state index is 0.191. The van der Waals surface area contributed by atoms with E-state index in [9.17, 15) is 4.79 Å². The number of carbonyl (C=O) groups is 1. The number of para-hydroxylation sites is 1. The summed E-state index contributed by atoms with van der Waals surface area (Å²) in [5.74, 6) is 0.241. The molecule has 1 saturated carbocycles. The van der Waals surface area contributed by atoms with E-state index in [1.807, 2.05) is 25.1 Å². The number of rotatable bonds is 5. The van der Waals surface area contributed by atoms with Gasteiger partial charge in [0.05, 0.1) is 0 Å². The van der Waals surface area contributed by atoms with Gasteiger partial charge in [-0.1, -0.05) is 74.7 Å². The second-order valence-corrected chi connectivity index (χ2v) is 8.63. The fourth-order valence-corrected chi connectivity index (χ4v) is 5.54. The molecule has 2 aromatic rings. The van der Waals surface area contributed by atoms with Crippen LogP contribution in [0.4, 0.5) is 5.69 Å². The van der Waals surface area contributed by atoms with E-state index in [1.54, 1.807) is 0 Å². The van der Waals surface area contributed by atoms with Crippen molar-refractivity contribution in [3.05, 3.63) is 66.2 Å². The van der Waals surface area contributed by atoms with Crippen molar-refractivity contribution in [2.75, 3.05) is 18.0 Å².